The molecule has 0 saturated carbocycles. The number of aromatic nitrogens is 3. The first-order chi connectivity index (χ1) is 17.7. The van der Waals surface area contributed by atoms with Crippen LogP contribution in [0.25, 0.3) is 49.0 Å². The van der Waals surface area contributed by atoms with Gasteiger partial charge in [0.05, 0.1) is 16.7 Å². The molecule has 36 heavy (non-hydrogen) atoms. The van der Waals surface area contributed by atoms with E-state index in [1.54, 1.807) is 4.40 Å². The molecular formula is C30H21N4O2+. The van der Waals surface area contributed by atoms with E-state index in [-0.39, 0.29) is 12.2 Å². The lowest BCUT2D eigenvalue weighted by atomic mass is 10.0. The second-order valence-corrected chi connectivity index (χ2v) is 8.98. The minimum Gasteiger partial charge on any atom is -0.390 e. The average molecular weight is 470 g/mol. The van der Waals surface area contributed by atoms with Gasteiger partial charge >= 0.3 is 0 Å². The molecule has 0 saturated heterocycles. The second-order valence-electron chi connectivity index (χ2n) is 8.98. The largest absolute Gasteiger partial charge is 0.390 e. The van der Waals surface area contributed by atoms with Crippen molar-refractivity contribution < 1.29 is 9.67 Å². The molecular weight excluding hydrogens is 448 g/mol. The van der Waals surface area contributed by atoms with Crippen molar-refractivity contribution in [1.82, 2.24) is 9.38 Å². The van der Waals surface area contributed by atoms with Crippen molar-refractivity contribution >= 4 is 60.9 Å². The topological polar surface area (TPSA) is 70.8 Å². The van der Waals surface area contributed by atoms with Gasteiger partial charge in [-0.05, 0) is 41.1 Å². The Morgan fingerprint density at radius 1 is 0.889 bits per heavy atom. The van der Waals surface area contributed by atoms with Crippen LogP contribution in [0, 0.1) is 0 Å². The Morgan fingerprint density at radius 2 is 1.67 bits per heavy atom. The molecule has 172 valence electrons. The van der Waals surface area contributed by atoms with E-state index >= 15 is 0 Å². The molecule has 0 aliphatic heterocycles. The highest BCUT2D eigenvalue weighted by molar-refractivity contribution is 6.18. The number of aliphatic hydroxyl groups is 1. The van der Waals surface area contributed by atoms with Crippen molar-refractivity contribution in [2.45, 2.75) is 6.54 Å². The van der Waals surface area contributed by atoms with Crippen molar-refractivity contribution in [3.8, 4) is 0 Å². The Kier molecular flexibility index (Phi) is 4.56. The summed E-state index contributed by atoms with van der Waals surface area (Å²) in [6.45, 7) is 0.657. The Labute approximate surface area is 205 Å². The Balaban J connectivity index is 1.51. The van der Waals surface area contributed by atoms with Crippen molar-refractivity contribution in [1.29, 1.82) is 0 Å². The third-order valence-corrected chi connectivity index (χ3v) is 6.81. The monoisotopic (exact) mass is 469 g/mol. The van der Waals surface area contributed by atoms with Crippen LogP contribution in [0.15, 0.2) is 101 Å². The fraction of sp³-hybridized carbons (Fsp3) is 0.0667. The Bertz CT molecular complexity index is 2020. The molecule has 0 unspecified atom stereocenters. The van der Waals surface area contributed by atoms with E-state index < -0.39 is 0 Å². The number of aliphatic imine (C=N–C) groups is 1. The summed E-state index contributed by atoms with van der Waals surface area (Å²) in [6, 6.07) is 25.9. The standard InChI is InChI=1S/C30H21N4O2/c35-15-14-33-12-10-19(11-13-33)18-31-22-16-21-6-1-7-23-27(21)24(17-22)29-32-25-8-2-4-20-5-3-9-26(28(20)25)34(29)30(23)36/h1-13,16-18,35H,14-15H2/q+1/b31-18+. The molecule has 1 N–H and O–H groups in total. The molecule has 0 aliphatic rings. The summed E-state index contributed by atoms with van der Waals surface area (Å²) >= 11 is 0. The lowest BCUT2D eigenvalue weighted by Crippen LogP contribution is -2.34. The quantitative estimate of drug-likeness (QED) is 0.175. The maximum atomic E-state index is 13.8. The maximum Gasteiger partial charge on any atom is 0.264 e. The number of fused-ring (bicyclic) bond motifs is 3. The van der Waals surface area contributed by atoms with E-state index in [0.29, 0.717) is 17.6 Å². The van der Waals surface area contributed by atoms with Crippen LogP contribution in [-0.2, 0) is 6.54 Å². The van der Waals surface area contributed by atoms with E-state index in [1.807, 2.05) is 102 Å². The van der Waals surface area contributed by atoms with Crippen molar-refractivity contribution in [3.05, 3.63) is 107 Å². The van der Waals surface area contributed by atoms with Gasteiger partial charge in [-0.1, -0.05) is 36.4 Å². The highest BCUT2D eigenvalue weighted by atomic mass is 16.3. The molecule has 0 spiro atoms. The van der Waals surface area contributed by atoms with Crippen LogP contribution in [0.2, 0.25) is 0 Å². The van der Waals surface area contributed by atoms with E-state index in [2.05, 4.69) is 0 Å². The number of benzene rings is 4. The van der Waals surface area contributed by atoms with E-state index in [4.69, 9.17) is 15.1 Å². The zero-order valence-electron chi connectivity index (χ0n) is 19.3. The molecule has 0 atom stereocenters. The Hall–Kier alpha value is -4.68. The second kappa shape index (κ2) is 7.93. The van der Waals surface area contributed by atoms with Gasteiger partial charge in [-0.2, -0.15) is 0 Å². The van der Waals surface area contributed by atoms with Crippen molar-refractivity contribution in [2.75, 3.05) is 6.61 Å². The summed E-state index contributed by atoms with van der Waals surface area (Å²) in [5, 5.41) is 14.6. The van der Waals surface area contributed by atoms with Crippen LogP contribution in [0.3, 0.4) is 0 Å². The molecule has 7 aromatic rings. The van der Waals surface area contributed by atoms with Crippen LogP contribution >= 0.6 is 0 Å². The van der Waals surface area contributed by atoms with Gasteiger partial charge in [0, 0.05) is 45.5 Å². The van der Waals surface area contributed by atoms with Gasteiger partial charge < -0.3 is 5.11 Å². The molecule has 3 aromatic heterocycles. The molecule has 0 bridgehead atoms. The molecule has 6 nitrogen and oxygen atoms in total. The fourth-order valence-electron chi connectivity index (χ4n) is 5.18. The number of hydrogen-bond acceptors (Lipinski definition) is 4. The zero-order chi connectivity index (χ0) is 24.2. The third kappa shape index (κ3) is 3.08. The van der Waals surface area contributed by atoms with E-state index in [9.17, 15) is 4.79 Å². The van der Waals surface area contributed by atoms with Crippen LogP contribution in [-0.4, -0.2) is 27.3 Å². The van der Waals surface area contributed by atoms with Crippen LogP contribution in [0.1, 0.15) is 5.56 Å². The predicted octanol–water partition coefficient (Wildman–Crippen LogP) is 4.78. The summed E-state index contributed by atoms with van der Waals surface area (Å²) in [7, 11) is 0. The predicted molar refractivity (Wildman–Crippen MR) is 144 cm³/mol. The molecule has 0 amide bonds. The smallest absolute Gasteiger partial charge is 0.264 e. The fourth-order valence-corrected chi connectivity index (χ4v) is 5.18. The Morgan fingerprint density at radius 3 is 2.50 bits per heavy atom. The van der Waals surface area contributed by atoms with Gasteiger partial charge in [0.25, 0.3) is 5.56 Å². The summed E-state index contributed by atoms with van der Waals surface area (Å²) < 4.78 is 3.67. The minimum absolute atomic E-state index is 0.0643. The lowest BCUT2D eigenvalue weighted by molar-refractivity contribution is -0.698. The number of hydrogen-bond donors (Lipinski definition) is 1. The summed E-state index contributed by atoms with van der Waals surface area (Å²) in [5.41, 5.74) is 4.04. The van der Waals surface area contributed by atoms with Crippen LogP contribution < -0.4 is 10.1 Å². The van der Waals surface area contributed by atoms with Gasteiger partial charge in [0.2, 0.25) is 0 Å². The molecule has 3 heterocycles. The van der Waals surface area contributed by atoms with Crippen LogP contribution in [0.5, 0.6) is 0 Å². The summed E-state index contributed by atoms with van der Waals surface area (Å²) in [4.78, 5) is 23.5. The molecule has 0 aliphatic carbocycles. The SMILES string of the molecule is O=c1c2cccc3cc(/N=C/c4cc[n+](CCO)cc4)cc(c32)c2nc3cccc4cccc(c43)n12. The van der Waals surface area contributed by atoms with Crippen LogP contribution in [0.4, 0.5) is 5.69 Å². The third-order valence-electron chi connectivity index (χ3n) is 6.81. The number of rotatable bonds is 4. The van der Waals surface area contributed by atoms with Crippen molar-refractivity contribution in [2.24, 2.45) is 4.99 Å². The minimum atomic E-state index is -0.0643. The molecule has 6 heteroatoms. The summed E-state index contributed by atoms with van der Waals surface area (Å²) in [5.74, 6) is 0. The van der Waals surface area contributed by atoms with Gasteiger partial charge in [-0.25, -0.2) is 9.55 Å². The zero-order valence-corrected chi connectivity index (χ0v) is 19.3. The lowest BCUT2D eigenvalue weighted by Gasteiger charge is -2.14. The molecule has 7 rings (SSSR count). The molecule has 4 aromatic carbocycles. The van der Waals surface area contributed by atoms with E-state index in [0.717, 1.165) is 49.2 Å². The van der Waals surface area contributed by atoms with Gasteiger partial charge in [-0.3, -0.25) is 14.2 Å². The average Bonchev–Trinajstić information content (AvgIpc) is 2.91. The van der Waals surface area contributed by atoms with Crippen molar-refractivity contribution in [3.63, 3.8) is 0 Å². The first kappa shape index (κ1) is 20.7. The maximum absolute atomic E-state index is 13.8. The summed E-state index contributed by atoms with van der Waals surface area (Å²) in [6.07, 6.45) is 5.67. The number of nitrogens with zero attached hydrogens (tertiary/aromatic N) is 4. The first-order valence-electron chi connectivity index (χ1n) is 11.9. The highest BCUT2D eigenvalue weighted by Crippen LogP contribution is 2.34. The van der Waals surface area contributed by atoms with Gasteiger partial charge in [-0.15, -0.1) is 0 Å². The van der Waals surface area contributed by atoms with Gasteiger partial charge in [0.15, 0.2) is 18.9 Å². The molecule has 0 radical (unpaired) electrons. The highest BCUT2D eigenvalue weighted by Gasteiger charge is 2.17. The van der Waals surface area contributed by atoms with E-state index in [1.165, 1.54) is 0 Å². The number of pyridine rings is 2. The first-order valence-corrected chi connectivity index (χ1v) is 11.9. The number of aliphatic hydroxyl groups excluding tert-OH is 1. The van der Waals surface area contributed by atoms with Gasteiger partial charge in [0.1, 0.15) is 12.3 Å². The normalized spacial score (nSPS) is 12.2. The molecule has 0 fully saturated rings.